The molecule has 196 valence electrons. The normalized spacial score (nSPS) is 17.0. The van der Waals surface area contributed by atoms with Crippen molar-refractivity contribution in [1.82, 2.24) is 10.6 Å². The average Bonchev–Trinajstić information content (AvgIpc) is 3.43. The van der Waals surface area contributed by atoms with Gasteiger partial charge in [0.25, 0.3) is 0 Å². The number of fused-ring (bicyclic) bond motifs is 4. The van der Waals surface area contributed by atoms with Gasteiger partial charge in [0.1, 0.15) is 29.3 Å². The lowest BCUT2D eigenvalue weighted by atomic mass is 9.91. The molecule has 0 saturated carbocycles. The third-order valence-electron chi connectivity index (χ3n) is 7.96. The van der Waals surface area contributed by atoms with Crippen molar-refractivity contribution in [3.8, 4) is 11.1 Å². The van der Waals surface area contributed by atoms with Gasteiger partial charge in [0.15, 0.2) is 0 Å². The maximum atomic E-state index is 6.38. The van der Waals surface area contributed by atoms with Crippen molar-refractivity contribution < 1.29 is 4.42 Å². The fourth-order valence-electron chi connectivity index (χ4n) is 6.01. The molecular formula is C37H27N3O. The van der Waals surface area contributed by atoms with E-state index in [1.54, 1.807) is 0 Å². The lowest BCUT2D eigenvalue weighted by Gasteiger charge is -2.33. The minimum Gasteiger partial charge on any atom is -0.456 e. The molecule has 0 bridgehead atoms. The fraction of sp³-hybridized carbons (Fsp3) is 0.0541. The molecule has 41 heavy (non-hydrogen) atoms. The maximum Gasteiger partial charge on any atom is 0.135 e. The third kappa shape index (κ3) is 4.17. The molecule has 4 heteroatoms. The summed E-state index contributed by atoms with van der Waals surface area (Å²) in [6, 6.07) is 48.6. The van der Waals surface area contributed by atoms with Crippen LogP contribution in [-0.4, -0.2) is 5.84 Å². The first-order chi connectivity index (χ1) is 20.3. The first-order valence-electron chi connectivity index (χ1n) is 14.0. The molecule has 1 aliphatic heterocycles. The lowest BCUT2D eigenvalue weighted by Crippen LogP contribution is -2.45. The number of nitrogens with zero attached hydrogens (tertiary/aromatic N) is 1. The molecule has 8 rings (SSSR count). The quantitative estimate of drug-likeness (QED) is 0.240. The van der Waals surface area contributed by atoms with Gasteiger partial charge in [0, 0.05) is 21.9 Å². The Balaban J connectivity index is 1.38. The number of benzene rings is 6. The van der Waals surface area contributed by atoms with Crippen molar-refractivity contribution in [3.05, 3.63) is 156 Å². The second-order valence-corrected chi connectivity index (χ2v) is 10.5. The smallest absolute Gasteiger partial charge is 0.135 e. The summed E-state index contributed by atoms with van der Waals surface area (Å²) in [5.74, 6) is 0.859. The van der Waals surface area contributed by atoms with Crippen molar-refractivity contribution in [3.63, 3.8) is 0 Å². The van der Waals surface area contributed by atoms with Gasteiger partial charge in [0.05, 0.1) is 0 Å². The zero-order valence-corrected chi connectivity index (χ0v) is 22.3. The Morgan fingerprint density at radius 1 is 0.585 bits per heavy atom. The summed E-state index contributed by atoms with van der Waals surface area (Å²) in [6.45, 7) is 0. The molecular weight excluding hydrogens is 502 g/mol. The van der Waals surface area contributed by atoms with Gasteiger partial charge in [-0.05, 0) is 45.7 Å². The molecule has 0 aliphatic carbocycles. The first-order valence-corrected chi connectivity index (χ1v) is 14.0. The largest absolute Gasteiger partial charge is 0.456 e. The second-order valence-electron chi connectivity index (χ2n) is 10.5. The molecule has 6 aromatic carbocycles. The number of amidine groups is 1. The standard InChI is InChI=1S/C37H27N3O/c1-3-12-25(13-4-1)35-38-36(26-14-5-2-6-15-26)40-37(39-35)34-29(28-20-19-24-11-7-8-16-27(24)23-28)21-22-32-33(34)30-17-9-10-18-31(30)41-32/h1-23,35,37,39H,(H,38,40). The van der Waals surface area contributed by atoms with E-state index in [9.17, 15) is 0 Å². The molecule has 0 radical (unpaired) electrons. The van der Waals surface area contributed by atoms with Gasteiger partial charge in [0.2, 0.25) is 0 Å². The van der Waals surface area contributed by atoms with Crippen LogP contribution in [0.2, 0.25) is 0 Å². The minimum absolute atomic E-state index is 0.226. The van der Waals surface area contributed by atoms with Crippen LogP contribution in [0.4, 0.5) is 0 Å². The van der Waals surface area contributed by atoms with Gasteiger partial charge >= 0.3 is 0 Å². The zero-order chi connectivity index (χ0) is 27.2. The average molecular weight is 530 g/mol. The number of hydrogen-bond donors (Lipinski definition) is 2. The third-order valence-corrected chi connectivity index (χ3v) is 7.96. The topological polar surface area (TPSA) is 49.6 Å². The molecule has 7 aromatic rings. The monoisotopic (exact) mass is 529 g/mol. The molecule has 4 nitrogen and oxygen atoms in total. The van der Waals surface area contributed by atoms with Crippen LogP contribution in [0.1, 0.15) is 29.0 Å². The van der Waals surface area contributed by atoms with E-state index in [-0.39, 0.29) is 12.3 Å². The summed E-state index contributed by atoms with van der Waals surface area (Å²) in [5, 5.41) is 12.3. The Hall–Kier alpha value is -5.19. The molecule has 0 saturated heterocycles. The number of rotatable bonds is 4. The fourth-order valence-corrected chi connectivity index (χ4v) is 6.01. The molecule has 2 atom stereocenters. The number of hydrogen-bond acceptors (Lipinski definition) is 4. The summed E-state index contributed by atoms with van der Waals surface area (Å²) < 4.78 is 6.38. The van der Waals surface area contributed by atoms with Crippen molar-refractivity contribution in [2.45, 2.75) is 12.3 Å². The van der Waals surface area contributed by atoms with Crippen LogP contribution < -0.4 is 10.6 Å². The van der Waals surface area contributed by atoms with Gasteiger partial charge in [-0.1, -0.05) is 121 Å². The second kappa shape index (κ2) is 9.77. The van der Waals surface area contributed by atoms with Crippen LogP contribution in [0.3, 0.4) is 0 Å². The van der Waals surface area contributed by atoms with E-state index >= 15 is 0 Å². The van der Waals surface area contributed by atoms with Crippen molar-refractivity contribution >= 4 is 38.5 Å². The summed E-state index contributed by atoms with van der Waals surface area (Å²) in [7, 11) is 0. The van der Waals surface area contributed by atoms with Gasteiger partial charge < -0.3 is 9.73 Å². The van der Waals surface area contributed by atoms with E-state index in [1.807, 2.05) is 24.3 Å². The van der Waals surface area contributed by atoms with Crippen LogP contribution in [0.15, 0.2) is 149 Å². The highest BCUT2D eigenvalue weighted by Crippen LogP contribution is 2.41. The van der Waals surface area contributed by atoms with Crippen molar-refractivity contribution in [2.24, 2.45) is 4.99 Å². The van der Waals surface area contributed by atoms with E-state index < -0.39 is 0 Å². The molecule has 1 aromatic heterocycles. The van der Waals surface area contributed by atoms with Crippen molar-refractivity contribution in [2.75, 3.05) is 0 Å². The molecule has 0 amide bonds. The summed E-state index contributed by atoms with van der Waals surface area (Å²) in [4.78, 5) is 5.14. The van der Waals surface area contributed by atoms with Gasteiger partial charge in [-0.3, -0.25) is 5.32 Å². The van der Waals surface area contributed by atoms with Gasteiger partial charge in [-0.25, -0.2) is 4.99 Å². The van der Waals surface area contributed by atoms with E-state index in [0.29, 0.717) is 0 Å². The predicted octanol–water partition coefficient (Wildman–Crippen LogP) is 8.74. The Kier molecular flexibility index (Phi) is 5.64. The van der Waals surface area contributed by atoms with Crippen LogP contribution in [0.5, 0.6) is 0 Å². The predicted molar refractivity (Wildman–Crippen MR) is 168 cm³/mol. The minimum atomic E-state index is -0.237. The van der Waals surface area contributed by atoms with Gasteiger partial charge in [-0.15, -0.1) is 0 Å². The van der Waals surface area contributed by atoms with Crippen LogP contribution in [-0.2, 0) is 0 Å². The van der Waals surface area contributed by atoms with E-state index in [2.05, 4.69) is 126 Å². The van der Waals surface area contributed by atoms with E-state index in [0.717, 1.165) is 55.6 Å². The summed E-state index contributed by atoms with van der Waals surface area (Å²) in [6.07, 6.45) is -0.463. The maximum absolute atomic E-state index is 6.38. The van der Waals surface area contributed by atoms with Crippen molar-refractivity contribution in [1.29, 1.82) is 0 Å². The highest BCUT2D eigenvalue weighted by atomic mass is 16.3. The highest BCUT2D eigenvalue weighted by molar-refractivity contribution is 6.10. The number of para-hydroxylation sites is 1. The van der Waals surface area contributed by atoms with E-state index in [1.165, 1.54) is 10.8 Å². The molecule has 2 heterocycles. The summed E-state index contributed by atoms with van der Waals surface area (Å²) >= 11 is 0. The first kappa shape index (κ1) is 23.7. The number of nitrogens with one attached hydrogen (secondary N) is 2. The Morgan fingerprint density at radius 2 is 1.32 bits per heavy atom. The summed E-state index contributed by atoms with van der Waals surface area (Å²) in [5.41, 5.74) is 7.38. The molecule has 1 aliphatic rings. The molecule has 2 N–H and O–H groups in total. The molecule has 2 unspecified atom stereocenters. The van der Waals surface area contributed by atoms with E-state index in [4.69, 9.17) is 9.41 Å². The molecule has 0 spiro atoms. The Bertz CT molecular complexity index is 2060. The van der Waals surface area contributed by atoms with Gasteiger partial charge in [-0.2, -0.15) is 0 Å². The number of furan rings is 1. The van der Waals surface area contributed by atoms with Crippen LogP contribution in [0, 0.1) is 0 Å². The Labute approximate surface area is 238 Å². The number of aliphatic imine (C=N–C) groups is 1. The Morgan fingerprint density at radius 3 is 2.17 bits per heavy atom. The molecule has 0 fully saturated rings. The highest BCUT2D eigenvalue weighted by Gasteiger charge is 2.30. The van der Waals surface area contributed by atoms with Crippen LogP contribution in [0.25, 0.3) is 43.8 Å². The lowest BCUT2D eigenvalue weighted by molar-refractivity contribution is 0.411. The zero-order valence-electron chi connectivity index (χ0n) is 22.3. The van der Waals surface area contributed by atoms with Crippen LogP contribution >= 0.6 is 0 Å². The SMILES string of the molecule is c1ccc(C2=NC(c3ccccc3)NC(c3c(-c4ccc5ccccc5c4)ccc4oc5ccccc5c34)N2)cc1.